The first kappa shape index (κ1) is 15.3. The molecule has 3 heterocycles. The standard InChI is InChI=1S/C17H19N3O3S/c21-16(13-3-1-4-14-15(13)23-11-10-22-14)19-6-2-7-20(9-8-19)17-18-5-12-24-17/h1,3-5,12H,2,6-11H2. The lowest BCUT2D eigenvalue weighted by atomic mass is 10.1. The van der Waals surface area contributed by atoms with Crippen LogP contribution in [0.2, 0.25) is 0 Å². The van der Waals surface area contributed by atoms with Crippen molar-refractivity contribution in [3.8, 4) is 11.5 Å². The topological polar surface area (TPSA) is 54.9 Å². The minimum Gasteiger partial charge on any atom is -0.486 e. The highest BCUT2D eigenvalue weighted by molar-refractivity contribution is 7.13. The highest BCUT2D eigenvalue weighted by Gasteiger charge is 2.26. The molecule has 2 aliphatic heterocycles. The van der Waals surface area contributed by atoms with E-state index in [0.717, 1.165) is 31.2 Å². The molecule has 0 aliphatic carbocycles. The first-order valence-corrected chi connectivity index (χ1v) is 9.03. The van der Waals surface area contributed by atoms with E-state index in [2.05, 4.69) is 9.88 Å². The summed E-state index contributed by atoms with van der Waals surface area (Å²) in [5.74, 6) is 1.25. The van der Waals surface area contributed by atoms with Crippen molar-refractivity contribution in [2.45, 2.75) is 6.42 Å². The lowest BCUT2D eigenvalue weighted by Crippen LogP contribution is -2.35. The summed E-state index contributed by atoms with van der Waals surface area (Å²) in [6.45, 7) is 4.15. The summed E-state index contributed by atoms with van der Waals surface area (Å²) in [7, 11) is 0. The van der Waals surface area contributed by atoms with Gasteiger partial charge in [0.05, 0.1) is 5.56 Å². The van der Waals surface area contributed by atoms with Crippen molar-refractivity contribution in [2.75, 3.05) is 44.3 Å². The van der Waals surface area contributed by atoms with E-state index in [1.54, 1.807) is 11.3 Å². The molecule has 4 rings (SSSR count). The van der Waals surface area contributed by atoms with Gasteiger partial charge in [0.2, 0.25) is 0 Å². The normalized spacial score (nSPS) is 17.5. The maximum Gasteiger partial charge on any atom is 0.257 e. The van der Waals surface area contributed by atoms with Gasteiger partial charge >= 0.3 is 0 Å². The van der Waals surface area contributed by atoms with Crippen molar-refractivity contribution in [1.82, 2.24) is 9.88 Å². The molecule has 0 spiro atoms. The minimum absolute atomic E-state index is 0.0124. The molecule has 6 nitrogen and oxygen atoms in total. The number of fused-ring (bicyclic) bond motifs is 1. The van der Waals surface area contributed by atoms with Gasteiger partial charge in [-0.25, -0.2) is 4.98 Å². The first-order valence-electron chi connectivity index (χ1n) is 8.15. The molecule has 0 unspecified atom stereocenters. The van der Waals surface area contributed by atoms with E-state index in [1.165, 1.54) is 0 Å². The van der Waals surface area contributed by atoms with Crippen molar-refractivity contribution < 1.29 is 14.3 Å². The van der Waals surface area contributed by atoms with Crippen molar-refractivity contribution in [1.29, 1.82) is 0 Å². The number of hydrogen-bond donors (Lipinski definition) is 0. The molecule has 1 saturated heterocycles. The Balaban J connectivity index is 1.51. The number of thiazole rings is 1. The number of anilines is 1. The summed E-state index contributed by atoms with van der Waals surface area (Å²) < 4.78 is 11.3. The second-order valence-corrected chi connectivity index (χ2v) is 6.65. The zero-order valence-electron chi connectivity index (χ0n) is 13.3. The molecule has 24 heavy (non-hydrogen) atoms. The fourth-order valence-corrected chi connectivity index (χ4v) is 3.79. The maximum atomic E-state index is 13.0. The Kier molecular flexibility index (Phi) is 4.25. The van der Waals surface area contributed by atoms with Crippen molar-refractivity contribution in [3.05, 3.63) is 35.3 Å². The number of ether oxygens (including phenoxy) is 2. The summed E-state index contributed by atoms with van der Waals surface area (Å²) in [4.78, 5) is 21.5. The van der Waals surface area contributed by atoms with E-state index in [9.17, 15) is 4.79 Å². The first-order chi connectivity index (χ1) is 11.8. The predicted octanol–water partition coefficient (Wildman–Crippen LogP) is 2.27. The number of carbonyl (C=O) groups is 1. The number of amides is 1. The van der Waals surface area contributed by atoms with Gasteiger partial charge in [0.1, 0.15) is 13.2 Å². The summed E-state index contributed by atoms with van der Waals surface area (Å²) in [5, 5.41) is 3.01. The van der Waals surface area contributed by atoms with Crippen LogP contribution in [0.1, 0.15) is 16.8 Å². The highest BCUT2D eigenvalue weighted by Crippen LogP contribution is 2.34. The van der Waals surface area contributed by atoms with Crippen LogP contribution >= 0.6 is 11.3 Å². The van der Waals surface area contributed by atoms with Crippen LogP contribution in [0.3, 0.4) is 0 Å². The Labute approximate surface area is 144 Å². The van der Waals surface area contributed by atoms with E-state index in [0.29, 0.717) is 36.8 Å². The van der Waals surface area contributed by atoms with Crippen LogP contribution in [-0.4, -0.2) is 55.2 Å². The summed E-state index contributed by atoms with van der Waals surface area (Å²) in [6.07, 6.45) is 2.75. The van der Waals surface area contributed by atoms with Crippen molar-refractivity contribution in [2.24, 2.45) is 0 Å². The van der Waals surface area contributed by atoms with Crippen molar-refractivity contribution in [3.63, 3.8) is 0 Å². The number of hydrogen-bond acceptors (Lipinski definition) is 6. The van der Waals surface area contributed by atoms with Gasteiger partial charge in [-0.2, -0.15) is 0 Å². The van der Waals surface area contributed by atoms with E-state index in [-0.39, 0.29) is 5.91 Å². The van der Waals surface area contributed by atoms with Crippen LogP contribution < -0.4 is 14.4 Å². The Morgan fingerprint density at radius 3 is 2.92 bits per heavy atom. The fourth-order valence-electron chi connectivity index (χ4n) is 3.10. The summed E-state index contributed by atoms with van der Waals surface area (Å²) in [6, 6.07) is 5.51. The monoisotopic (exact) mass is 345 g/mol. The average molecular weight is 345 g/mol. The van der Waals surface area contributed by atoms with Gasteiger partial charge in [-0.05, 0) is 18.6 Å². The predicted molar refractivity (Wildman–Crippen MR) is 92.3 cm³/mol. The molecule has 0 radical (unpaired) electrons. The lowest BCUT2D eigenvalue weighted by molar-refractivity contribution is 0.0756. The van der Waals surface area contributed by atoms with E-state index < -0.39 is 0 Å². The summed E-state index contributed by atoms with van der Waals surface area (Å²) >= 11 is 1.64. The number of para-hydroxylation sites is 1. The molecular weight excluding hydrogens is 326 g/mol. The molecule has 0 N–H and O–H groups in total. The molecular formula is C17H19N3O3S. The molecule has 2 aliphatic rings. The number of rotatable bonds is 2. The minimum atomic E-state index is 0.0124. The Hall–Kier alpha value is -2.28. The molecule has 0 saturated carbocycles. The average Bonchev–Trinajstić information content (AvgIpc) is 3.05. The maximum absolute atomic E-state index is 13.0. The van der Waals surface area contributed by atoms with E-state index in [1.807, 2.05) is 34.7 Å². The Morgan fingerprint density at radius 1 is 1.12 bits per heavy atom. The molecule has 126 valence electrons. The van der Waals surface area contributed by atoms with Gasteiger partial charge in [0.25, 0.3) is 5.91 Å². The lowest BCUT2D eigenvalue weighted by Gasteiger charge is -2.25. The fraction of sp³-hybridized carbons (Fsp3) is 0.412. The molecule has 1 fully saturated rings. The molecule has 2 aromatic rings. The molecule has 0 atom stereocenters. The molecule has 0 bridgehead atoms. The third-order valence-corrected chi connectivity index (χ3v) is 5.10. The third kappa shape index (κ3) is 2.91. The summed E-state index contributed by atoms with van der Waals surface area (Å²) in [5.41, 5.74) is 0.592. The van der Waals surface area contributed by atoms with Crippen LogP contribution in [0.4, 0.5) is 5.13 Å². The molecule has 7 heteroatoms. The second-order valence-electron chi connectivity index (χ2n) is 5.78. The van der Waals surface area contributed by atoms with Crippen molar-refractivity contribution >= 4 is 22.4 Å². The Morgan fingerprint density at radius 2 is 2.04 bits per heavy atom. The van der Waals surface area contributed by atoms with Crippen LogP contribution in [0.25, 0.3) is 0 Å². The molecule has 1 aromatic heterocycles. The van der Waals surface area contributed by atoms with Gasteiger partial charge in [0, 0.05) is 37.8 Å². The number of nitrogens with zero attached hydrogens (tertiary/aromatic N) is 3. The zero-order valence-corrected chi connectivity index (χ0v) is 14.1. The zero-order chi connectivity index (χ0) is 16.4. The Bertz CT molecular complexity index is 720. The molecule has 1 amide bonds. The van der Waals surface area contributed by atoms with Gasteiger partial charge in [-0.3, -0.25) is 4.79 Å². The largest absolute Gasteiger partial charge is 0.486 e. The SMILES string of the molecule is O=C(c1cccc2c1OCCO2)N1CCCN(c2nccs2)CC1. The molecule has 1 aromatic carbocycles. The third-order valence-electron chi connectivity index (χ3n) is 4.27. The van der Waals surface area contributed by atoms with E-state index in [4.69, 9.17) is 9.47 Å². The smallest absolute Gasteiger partial charge is 0.257 e. The number of carbonyl (C=O) groups excluding carboxylic acids is 1. The van der Waals surface area contributed by atoms with Crippen LogP contribution in [0.5, 0.6) is 11.5 Å². The highest BCUT2D eigenvalue weighted by atomic mass is 32.1. The van der Waals surface area contributed by atoms with Crippen LogP contribution in [0, 0.1) is 0 Å². The number of benzene rings is 1. The quantitative estimate of drug-likeness (QED) is 0.836. The van der Waals surface area contributed by atoms with Crippen LogP contribution in [0.15, 0.2) is 29.8 Å². The van der Waals surface area contributed by atoms with Gasteiger partial charge in [-0.15, -0.1) is 11.3 Å². The van der Waals surface area contributed by atoms with Crippen LogP contribution in [-0.2, 0) is 0 Å². The van der Waals surface area contributed by atoms with Gasteiger partial charge < -0.3 is 19.3 Å². The van der Waals surface area contributed by atoms with E-state index >= 15 is 0 Å². The second kappa shape index (κ2) is 6.68. The van der Waals surface area contributed by atoms with Gasteiger partial charge in [0.15, 0.2) is 16.6 Å². The van der Waals surface area contributed by atoms with Gasteiger partial charge in [-0.1, -0.05) is 6.07 Å². The number of aromatic nitrogens is 1.